The quantitative estimate of drug-likeness (QED) is 0.824. The number of amides is 1. The SMILES string of the molecule is Cc1ccc([C@@H](C)NC(=O)C2CCN(Cc3ccc(Cl)cc3)CC2)cc1. The van der Waals surface area contributed by atoms with Gasteiger partial charge in [0.2, 0.25) is 5.91 Å². The first-order chi connectivity index (χ1) is 12.5. The van der Waals surface area contributed by atoms with Crippen molar-refractivity contribution < 1.29 is 4.79 Å². The molecule has 3 rings (SSSR count). The summed E-state index contributed by atoms with van der Waals surface area (Å²) in [5, 5.41) is 3.95. The van der Waals surface area contributed by atoms with E-state index in [2.05, 4.69) is 60.5 Å². The zero-order valence-corrected chi connectivity index (χ0v) is 16.3. The average molecular weight is 371 g/mol. The number of piperidine rings is 1. The fourth-order valence-electron chi connectivity index (χ4n) is 3.47. The Hall–Kier alpha value is -1.84. The average Bonchev–Trinajstić information content (AvgIpc) is 2.64. The van der Waals surface area contributed by atoms with Crippen molar-refractivity contribution in [1.29, 1.82) is 0 Å². The Morgan fingerprint density at radius 1 is 1.12 bits per heavy atom. The number of benzene rings is 2. The number of carbonyl (C=O) groups is 1. The molecule has 2 aromatic carbocycles. The smallest absolute Gasteiger partial charge is 0.223 e. The van der Waals surface area contributed by atoms with Crippen LogP contribution in [0.2, 0.25) is 5.02 Å². The van der Waals surface area contributed by atoms with E-state index >= 15 is 0 Å². The molecule has 0 bridgehead atoms. The second-order valence-electron chi connectivity index (χ2n) is 7.32. The molecule has 2 aromatic rings. The van der Waals surface area contributed by atoms with Gasteiger partial charge < -0.3 is 5.32 Å². The summed E-state index contributed by atoms with van der Waals surface area (Å²) in [6, 6.07) is 16.4. The predicted molar refractivity (Wildman–Crippen MR) is 107 cm³/mol. The Labute approximate surface area is 161 Å². The maximum absolute atomic E-state index is 12.6. The number of rotatable bonds is 5. The fourth-order valence-corrected chi connectivity index (χ4v) is 3.60. The monoisotopic (exact) mass is 370 g/mol. The number of likely N-dealkylation sites (tertiary alicyclic amines) is 1. The van der Waals surface area contributed by atoms with Crippen molar-refractivity contribution >= 4 is 17.5 Å². The Morgan fingerprint density at radius 3 is 2.35 bits per heavy atom. The standard InChI is InChI=1S/C22H27ClN2O/c1-16-3-7-19(8-4-16)17(2)24-22(26)20-11-13-25(14-12-20)15-18-5-9-21(23)10-6-18/h3-10,17,20H,11-15H2,1-2H3,(H,24,26)/t17-/m1/s1. The van der Waals surface area contributed by atoms with Crippen LogP contribution < -0.4 is 5.32 Å². The van der Waals surface area contributed by atoms with Gasteiger partial charge in [0.15, 0.2) is 0 Å². The van der Waals surface area contributed by atoms with Gasteiger partial charge in [-0.3, -0.25) is 9.69 Å². The van der Waals surface area contributed by atoms with Crippen molar-refractivity contribution in [3.8, 4) is 0 Å². The van der Waals surface area contributed by atoms with Crippen LogP contribution in [0.4, 0.5) is 0 Å². The molecule has 0 aliphatic carbocycles. The Balaban J connectivity index is 1.47. The van der Waals surface area contributed by atoms with Crippen LogP contribution in [0.5, 0.6) is 0 Å². The molecule has 1 saturated heterocycles. The molecule has 3 nitrogen and oxygen atoms in total. The molecule has 1 amide bonds. The zero-order chi connectivity index (χ0) is 18.5. The molecule has 1 heterocycles. The van der Waals surface area contributed by atoms with Crippen LogP contribution in [0.15, 0.2) is 48.5 Å². The topological polar surface area (TPSA) is 32.3 Å². The first kappa shape index (κ1) is 18.9. The number of nitrogens with zero attached hydrogens (tertiary/aromatic N) is 1. The van der Waals surface area contributed by atoms with Crippen LogP contribution >= 0.6 is 11.6 Å². The van der Waals surface area contributed by atoms with Crippen LogP contribution in [0.1, 0.15) is 42.5 Å². The van der Waals surface area contributed by atoms with Crippen LogP contribution in [-0.4, -0.2) is 23.9 Å². The molecule has 1 atom stereocenters. The van der Waals surface area contributed by atoms with Crippen LogP contribution in [0.3, 0.4) is 0 Å². The third-order valence-corrected chi connectivity index (χ3v) is 5.47. The number of nitrogens with one attached hydrogen (secondary N) is 1. The highest BCUT2D eigenvalue weighted by molar-refractivity contribution is 6.30. The largest absolute Gasteiger partial charge is 0.349 e. The number of halogens is 1. The van der Waals surface area contributed by atoms with Gasteiger partial charge in [0, 0.05) is 17.5 Å². The van der Waals surface area contributed by atoms with E-state index in [1.54, 1.807) is 0 Å². The second kappa shape index (κ2) is 8.70. The zero-order valence-electron chi connectivity index (χ0n) is 15.5. The minimum Gasteiger partial charge on any atom is -0.349 e. The lowest BCUT2D eigenvalue weighted by molar-refractivity contribution is -0.127. The van der Waals surface area contributed by atoms with Crippen molar-refractivity contribution in [3.63, 3.8) is 0 Å². The van der Waals surface area contributed by atoms with Crippen molar-refractivity contribution in [2.75, 3.05) is 13.1 Å². The summed E-state index contributed by atoms with van der Waals surface area (Å²) in [6.07, 6.45) is 1.83. The van der Waals surface area contributed by atoms with Gasteiger partial charge in [-0.2, -0.15) is 0 Å². The highest BCUT2D eigenvalue weighted by Gasteiger charge is 2.26. The highest BCUT2D eigenvalue weighted by atomic mass is 35.5. The summed E-state index contributed by atoms with van der Waals surface area (Å²) in [5.74, 6) is 0.300. The molecule has 1 fully saturated rings. The summed E-state index contributed by atoms with van der Waals surface area (Å²) >= 11 is 5.94. The Kier molecular flexibility index (Phi) is 6.33. The van der Waals surface area contributed by atoms with Crippen LogP contribution in [0, 0.1) is 12.8 Å². The van der Waals surface area contributed by atoms with Crippen LogP contribution in [0.25, 0.3) is 0 Å². The van der Waals surface area contributed by atoms with Gasteiger partial charge in [0.1, 0.15) is 0 Å². The summed E-state index contributed by atoms with van der Waals surface area (Å²) < 4.78 is 0. The molecule has 1 aliphatic rings. The maximum atomic E-state index is 12.6. The lowest BCUT2D eigenvalue weighted by atomic mass is 9.94. The van der Waals surface area contributed by atoms with E-state index in [-0.39, 0.29) is 17.9 Å². The van der Waals surface area contributed by atoms with E-state index in [1.165, 1.54) is 11.1 Å². The minimum atomic E-state index is 0.0511. The van der Waals surface area contributed by atoms with Crippen molar-refractivity contribution in [2.45, 2.75) is 39.3 Å². The molecule has 4 heteroatoms. The lowest BCUT2D eigenvalue weighted by Gasteiger charge is -2.32. The number of hydrogen-bond donors (Lipinski definition) is 1. The van der Waals surface area contributed by atoms with E-state index in [0.29, 0.717) is 0 Å². The predicted octanol–water partition coefficient (Wildman–Crippen LogP) is 4.74. The van der Waals surface area contributed by atoms with Gasteiger partial charge in [-0.05, 0) is 63.0 Å². The van der Waals surface area contributed by atoms with E-state index in [1.807, 2.05) is 12.1 Å². The van der Waals surface area contributed by atoms with Gasteiger partial charge in [-0.15, -0.1) is 0 Å². The molecule has 138 valence electrons. The molecule has 0 radical (unpaired) electrons. The van der Waals surface area contributed by atoms with Crippen molar-refractivity contribution in [2.24, 2.45) is 5.92 Å². The maximum Gasteiger partial charge on any atom is 0.223 e. The van der Waals surface area contributed by atoms with E-state index in [9.17, 15) is 4.79 Å². The molecular formula is C22H27ClN2O. The first-order valence-corrected chi connectivity index (χ1v) is 9.73. The normalized spacial score (nSPS) is 17.0. The molecule has 0 aromatic heterocycles. The third kappa shape index (κ3) is 5.09. The van der Waals surface area contributed by atoms with Gasteiger partial charge in [-0.25, -0.2) is 0 Å². The second-order valence-corrected chi connectivity index (χ2v) is 7.75. The number of carbonyl (C=O) groups excluding carboxylic acids is 1. The minimum absolute atomic E-state index is 0.0511. The summed E-state index contributed by atoms with van der Waals surface area (Å²) in [7, 11) is 0. The van der Waals surface area contributed by atoms with Gasteiger partial charge in [-0.1, -0.05) is 53.6 Å². The van der Waals surface area contributed by atoms with E-state index in [0.717, 1.165) is 43.1 Å². The summed E-state index contributed by atoms with van der Waals surface area (Å²) in [6.45, 7) is 6.97. The van der Waals surface area contributed by atoms with E-state index in [4.69, 9.17) is 11.6 Å². The number of aryl methyl sites for hydroxylation is 1. The Bertz CT molecular complexity index is 719. The molecule has 0 saturated carbocycles. The van der Waals surface area contributed by atoms with Crippen molar-refractivity contribution in [3.05, 3.63) is 70.2 Å². The Morgan fingerprint density at radius 2 is 1.73 bits per heavy atom. The first-order valence-electron chi connectivity index (χ1n) is 9.35. The molecule has 1 aliphatic heterocycles. The molecule has 26 heavy (non-hydrogen) atoms. The molecule has 0 spiro atoms. The highest BCUT2D eigenvalue weighted by Crippen LogP contribution is 2.21. The molecule has 1 N–H and O–H groups in total. The number of hydrogen-bond acceptors (Lipinski definition) is 2. The summed E-state index contributed by atoms with van der Waals surface area (Å²) in [4.78, 5) is 15.0. The lowest BCUT2D eigenvalue weighted by Crippen LogP contribution is -2.40. The third-order valence-electron chi connectivity index (χ3n) is 5.21. The summed E-state index contributed by atoms with van der Waals surface area (Å²) in [5.41, 5.74) is 3.66. The van der Waals surface area contributed by atoms with Gasteiger partial charge in [0.05, 0.1) is 6.04 Å². The van der Waals surface area contributed by atoms with Gasteiger partial charge in [0.25, 0.3) is 0 Å². The molecular weight excluding hydrogens is 344 g/mol. The van der Waals surface area contributed by atoms with Crippen molar-refractivity contribution in [1.82, 2.24) is 10.2 Å². The molecule has 0 unspecified atom stereocenters. The van der Waals surface area contributed by atoms with Crippen LogP contribution in [-0.2, 0) is 11.3 Å². The van der Waals surface area contributed by atoms with Gasteiger partial charge >= 0.3 is 0 Å². The fraction of sp³-hybridized carbons (Fsp3) is 0.409. The van der Waals surface area contributed by atoms with E-state index < -0.39 is 0 Å².